The van der Waals surface area contributed by atoms with Crippen LogP contribution >= 0.6 is 31.9 Å². The van der Waals surface area contributed by atoms with Gasteiger partial charge in [0.2, 0.25) is 0 Å². The summed E-state index contributed by atoms with van der Waals surface area (Å²) < 4.78 is 7.64. The van der Waals surface area contributed by atoms with E-state index < -0.39 is 0 Å². The Bertz CT molecular complexity index is 529. The molecule has 0 bridgehead atoms. The third-order valence-corrected chi connectivity index (χ3v) is 3.69. The molecule has 2 aromatic rings. The zero-order chi connectivity index (χ0) is 12.3. The minimum atomic E-state index is 0.518. The Labute approximate surface area is 117 Å². The molecule has 0 amide bonds. The molecule has 0 aliphatic carbocycles. The minimum absolute atomic E-state index is 0.518. The highest BCUT2D eigenvalue weighted by Gasteiger charge is 2.03. The Balaban J connectivity index is 2.10. The Kier molecular flexibility index (Phi) is 4.07. The van der Waals surface area contributed by atoms with Gasteiger partial charge >= 0.3 is 0 Å². The normalized spacial score (nSPS) is 10.2. The van der Waals surface area contributed by atoms with E-state index in [1.165, 1.54) is 0 Å². The van der Waals surface area contributed by atoms with Gasteiger partial charge in [0.05, 0.1) is 4.47 Å². The van der Waals surface area contributed by atoms with Crippen molar-refractivity contribution in [1.82, 2.24) is 0 Å². The Morgan fingerprint density at radius 1 is 1.00 bits per heavy atom. The first-order valence-corrected chi connectivity index (χ1v) is 6.66. The molecule has 2 nitrogen and oxygen atoms in total. The van der Waals surface area contributed by atoms with Crippen molar-refractivity contribution in [3.05, 3.63) is 57.0 Å². The standard InChI is InChI=1S/C13H11Br2NO/c14-11-4-2-1-3-9(11)8-17-13-6-5-10(16)7-12(13)15/h1-7H,8,16H2. The van der Waals surface area contributed by atoms with Crippen LogP contribution in [-0.4, -0.2) is 0 Å². The molecule has 2 rings (SSSR count). The summed E-state index contributed by atoms with van der Waals surface area (Å²) in [6.45, 7) is 0.518. The maximum Gasteiger partial charge on any atom is 0.134 e. The molecule has 17 heavy (non-hydrogen) atoms. The molecule has 0 aromatic heterocycles. The van der Waals surface area contributed by atoms with E-state index in [9.17, 15) is 0 Å². The van der Waals surface area contributed by atoms with Gasteiger partial charge in [0.25, 0.3) is 0 Å². The molecule has 0 saturated carbocycles. The molecule has 2 aromatic carbocycles. The summed E-state index contributed by atoms with van der Waals surface area (Å²) in [7, 11) is 0. The molecule has 0 aliphatic rings. The van der Waals surface area contributed by atoms with E-state index in [1.807, 2.05) is 42.5 Å². The van der Waals surface area contributed by atoms with E-state index in [0.717, 1.165) is 20.3 Å². The predicted molar refractivity (Wildman–Crippen MR) is 77.0 cm³/mol. The van der Waals surface area contributed by atoms with Crippen molar-refractivity contribution in [2.45, 2.75) is 6.61 Å². The number of halogens is 2. The molecule has 0 atom stereocenters. The van der Waals surface area contributed by atoms with E-state index in [0.29, 0.717) is 12.3 Å². The first-order valence-electron chi connectivity index (χ1n) is 5.08. The summed E-state index contributed by atoms with van der Waals surface area (Å²) in [5, 5.41) is 0. The van der Waals surface area contributed by atoms with Crippen molar-refractivity contribution in [2.24, 2.45) is 0 Å². The van der Waals surface area contributed by atoms with Crippen LogP contribution in [0.5, 0.6) is 5.75 Å². The Morgan fingerprint density at radius 2 is 1.76 bits per heavy atom. The highest BCUT2D eigenvalue weighted by Crippen LogP contribution is 2.28. The van der Waals surface area contributed by atoms with Crippen LogP contribution in [0.4, 0.5) is 5.69 Å². The summed E-state index contributed by atoms with van der Waals surface area (Å²) in [6.07, 6.45) is 0. The van der Waals surface area contributed by atoms with E-state index in [-0.39, 0.29) is 0 Å². The Hall–Kier alpha value is -1.000. The SMILES string of the molecule is Nc1ccc(OCc2ccccc2Br)c(Br)c1. The molecule has 0 heterocycles. The first-order chi connectivity index (χ1) is 8.16. The second kappa shape index (κ2) is 5.56. The molecule has 0 saturated heterocycles. The number of hydrogen-bond donors (Lipinski definition) is 1. The van der Waals surface area contributed by atoms with Gasteiger partial charge in [-0.05, 0) is 40.2 Å². The topological polar surface area (TPSA) is 35.2 Å². The largest absolute Gasteiger partial charge is 0.488 e. The molecule has 88 valence electrons. The van der Waals surface area contributed by atoms with Gasteiger partial charge in [0, 0.05) is 15.7 Å². The summed E-state index contributed by atoms with van der Waals surface area (Å²) in [5.41, 5.74) is 7.49. The molecular weight excluding hydrogens is 346 g/mol. The number of anilines is 1. The number of nitrogens with two attached hydrogens (primary N) is 1. The van der Waals surface area contributed by atoms with Crippen molar-refractivity contribution >= 4 is 37.5 Å². The molecule has 0 spiro atoms. The van der Waals surface area contributed by atoms with Crippen molar-refractivity contribution in [3.8, 4) is 5.75 Å². The molecule has 2 N–H and O–H groups in total. The molecular formula is C13H11Br2NO. The molecule has 4 heteroatoms. The van der Waals surface area contributed by atoms with Crippen LogP contribution in [0, 0.1) is 0 Å². The van der Waals surface area contributed by atoms with Crippen LogP contribution in [0.3, 0.4) is 0 Å². The monoisotopic (exact) mass is 355 g/mol. The van der Waals surface area contributed by atoms with Crippen LogP contribution < -0.4 is 10.5 Å². The maximum absolute atomic E-state index is 5.73. The van der Waals surface area contributed by atoms with Gasteiger partial charge < -0.3 is 10.5 Å². The first kappa shape index (κ1) is 12.5. The number of ether oxygens (including phenoxy) is 1. The fourth-order valence-electron chi connectivity index (χ4n) is 1.41. The zero-order valence-corrected chi connectivity index (χ0v) is 12.2. The van der Waals surface area contributed by atoms with E-state index in [1.54, 1.807) is 0 Å². The average Bonchev–Trinajstić information content (AvgIpc) is 2.30. The lowest BCUT2D eigenvalue weighted by Crippen LogP contribution is -1.97. The molecule has 0 unspecified atom stereocenters. The van der Waals surface area contributed by atoms with Crippen LogP contribution in [0.2, 0.25) is 0 Å². The third kappa shape index (κ3) is 3.23. The lowest BCUT2D eigenvalue weighted by atomic mass is 10.2. The summed E-state index contributed by atoms with van der Waals surface area (Å²) in [6, 6.07) is 13.5. The van der Waals surface area contributed by atoms with Gasteiger partial charge in [-0.1, -0.05) is 34.1 Å². The number of benzene rings is 2. The number of hydrogen-bond acceptors (Lipinski definition) is 2. The van der Waals surface area contributed by atoms with Gasteiger partial charge in [-0.2, -0.15) is 0 Å². The lowest BCUT2D eigenvalue weighted by molar-refractivity contribution is 0.303. The smallest absolute Gasteiger partial charge is 0.134 e. The highest BCUT2D eigenvalue weighted by atomic mass is 79.9. The average molecular weight is 357 g/mol. The summed E-state index contributed by atoms with van der Waals surface area (Å²) in [4.78, 5) is 0. The quantitative estimate of drug-likeness (QED) is 0.828. The third-order valence-electron chi connectivity index (χ3n) is 2.30. The molecule has 0 aliphatic heterocycles. The van der Waals surface area contributed by atoms with Gasteiger partial charge in [0.1, 0.15) is 12.4 Å². The highest BCUT2D eigenvalue weighted by molar-refractivity contribution is 9.10. The number of nitrogen functional groups attached to an aromatic ring is 1. The fraction of sp³-hybridized carbons (Fsp3) is 0.0769. The minimum Gasteiger partial charge on any atom is -0.488 e. The van der Waals surface area contributed by atoms with Crippen molar-refractivity contribution < 1.29 is 4.74 Å². The van der Waals surface area contributed by atoms with Crippen LogP contribution in [-0.2, 0) is 6.61 Å². The Morgan fingerprint density at radius 3 is 2.47 bits per heavy atom. The van der Waals surface area contributed by atoms with Crippen molar-refractivity contribution in [3.63, 3.8) is 0 Å². The fourth-order valence-corrected chi connectivity index (χ4v) is 2.32. The van der Waals surface area contributed by atoms with E-state index in [4.69, 9.17) is 10.5 Å². The van der Waals surface area contributed by atoms with Gasteiger partial charge in [-0.15, -0.1) is 0 Å². The van der Waals surface area contributed by atoms with Crippen molar-refractivity contribution in [2.75, 3.05) is 5.73 Å². The van der Waals surface area contributed by atoms with Gasteiger partial charge in [-0.25, -0.2) is 0 Å². The van der Waals surface area contributed by atoms with E-state index in [2.05, 4.69) is 31.9 Å². The second-order valence-corrected chi connectivity index (χ2v) is 5.28. The van der Waals surface area contributed by atoms with Crippen molar-refractivity contribution in [1.29, 1.82) is 0 Å². The predicted octanol–water partition coefficient (Wildman–Crippen LogP) is 4.37. The molecule has 0 fully saturated rings. The summed E-state index contributed by atoms with van der Waals surface area (Å²) in [5.74, 6) is 0.787. The van der Waals surface area contributed by atoms with Crippen LogP contribution in [0.25, 0.3) is 0 Å². The summed E-state index contributed by atoms with van der Waals surface area (Å²) >= 11 is 6.91. The maximum atomic E-state index is 5.73. The zero-order valence-electron chi connectivity index (χ0n) is 8.99. The van der Waals surface area contributed by atoms with Gasteiger partial charge in [-0.3, -0.25) is 0 Å². The second-order valence-electron chi connectivity index (χ2n) is 3.57. The lowest BCUT2D eigenvalue weighted by Gasteiger charge is -2.09. The molecule has 0 radical (unpaired) electrons. The number of rotatable bonds is 3. The van der Waals surface area contributed by atoms with E-state index >= 15 is 0 Å². The van der Waals surface area contributed by atoms with Gasteiger partial charge in [0.15, 0.2) is 0 Å². The van der Waals surface area contributed by atoms with Crippen LogP contribution in [0.15, 0.2) is 51.4 Å². The van der Waals surface area contributed by atoms with Crippen LogP contribution in [0.1, 0.15) is 5.56 Å².